The highest BCUT2D eigenvalue weighted by Gasteiger charge is 2.18. The van der Waals surface area contributed by atoms with Crippen LogP contribution in [0.3, 0.4) is 0 Å². The van der Waals surface area contributed by atoms with E-state index in [4.69, 9.17) is 11.6 Å². The van der Waals surface area contributed by atoms with Crippen LogP contribution in [0.1, 0.15) is 29.3 Å². The van der Waals surface area contributed by atoms with Crippen LogP contribution in [0.2, 0.25) is 5.02 Å². The number of hydrogen-bond donors (Lipinski definition) is 0. The van der Waals surface area contributed by atoms with Gasteiger partial charge in [-0.2, -0.15) is 0 Å². The lowest BCUT2D eigenvalue weighted by Crippen LogP contribution is -2.31. The molecule has 2 aromatic rings. The van der Waals surface area contributed by atoms with E-state index in [1.54, 1.807) is 12.1 Å². The monoisotopic (exact) mass is 365 g/mol. The summed E-state index contributed by atoms with van der Waals surface area (Å²) in [6, 6.07) is 15.3. The predicted molar refractivity (Wildman–Crippen MR) is 90.6 cm³/mol. The van der Waals surface area contributed by atoms with Crippen LogP contribution < -0.4 is 0 Å². The molecule has 0 radical (unpaired) electrons. The molecule has 2 rings (SSSR count). The second-order valence-electron chi connectivity index (χ2n) is 4.84. The van der Waals surface area contributed by atoms with Crippen LogP contribution in [0.4, 0.5) is 0 Å². The quantitative estimate of drug-likeness (QED) is 0.716. The highest BCUT2D eigenvalue weighted by molar-refractivity contribution is 9.10. The molecule has 0 heterocycles. The van der Waals surface area contributed by atoms with Gasteiger partial charge in [-0.15, -0.1) is 0 Å². The fourth-order valence-electron chi connectivity index (χ4n) is 2.16. The fourth-order valence-corrected chi connectivity index (χ4v) is 2.75. The van der Waals surface area contributed by atoms with Crippen molar-refractivity contribution in [3.05, 3.63) is 69.2 Å². The number of halogens is 2. The molecule has 1 amide bonds. The van der Waals surface area contributed by atoms with Crippen LogP contribution in [0, 0.1) is 0 Å². The smallest absolute Gasteiger partial charge is 0.255 e. The Morgan fingerprint density at radius 1 is 1.19 bits per heavy atom. The van der Waals surface area contributed by atoms with E-state index in [1.807, 2.05) is 41.3 Å². The number of benzene rings is 2. The standard InChI is InChI=1S/C17H17BrClNO/c1-2-10-20(12-13-6-4-3-5-7-13)17(21)15-11-14(19)8-9-16(15)18/h3-9,11H,2,10,12H2,1H3. The lowest BCUT2D eigenvalue weighted by molar-refractivity contribution is 0.0742. The zero-order valence-corrected chi connectivity index (χ0v) is 14.2. The second-order valence-corrected chi connectivity index (χ2v) is 6.13. The van der Waals surface area contributed by atoms with Gasteiger partial charge < -0.3 is 4.90 Å². The number of amides is 1. The molecule has 0 aromatic heterocycles. The SMILES string of the molecule is CCCN(Cc1ccccc1)C(=O)c1cc(Cl)ccc1Br. The maximum Gasteiger partial charge on any atom is 0.255 e. The van der Waals surface area contributed by atoms with Crippen molar-refractivity contribution in [2.45, 2.75) is 19.9 Å². The van der Waals surface area contributed by atoms with E-state index in [1.165, 1.54) is 0 Å². The Balaban J connectivity index is 2.25. The van der Waals surface area contributed by atoms with Gasteiger partial charge in [0.2, 0.25) is 0 Å². The van der Waals surface area contributed by atoms with Crippen LogP contribution >= 0.6 is 27.5 Å². The average Bonchev–Trinajstić information content (AvgIpc) is 2.49. The molecule has 0 aliphatic heterocycles. The molecule has 0 saturated carbocycles. The van der Waals surface area contributed by atoms with E-state index >= 15 is 0 Å². The maximum atomic E-state index is 12.7. The van der Waals surface area contributed by atoms with E-state index in [9.17, 15) is 4.79 Å². The molecule has 2 nitrogen and oxygen atoms in total. The van der Waals surface area contributed by atoms with Crippen molar-refractivity contribution in [3.8, 4) is 0 Å². The molecule has 21 heavy (non-hydrogen) atoms. The number of hydrogen-bond acceptors (Lipinski definition) is 1. The number of nitrogens with zero attached hydrogens (tertiary/aromatic N) is 1. The summed E-state index contributed by atoms with van der Waals surface area (Å²) in [5.41, 5.74) is 1.73. The lowest BCUT2D eigenvalue weighted by Gasteiger charge is -2.23. The Bertz CT molecular complexity index is 615. The molecule has 0 unspecified atom stereocenters. The Labute approximate surface area is 138 Å². The third kappa shape index (κ3) is 4.32. The molecule has 0 aliphatic rings. The van der Waals surface area contributed by atoms with Crippen molar-refractivity contribution in [1.29, 1.82) is 0 Å². The molecule has 4 heteroatoms. The Kier molecular flexibility index (Phi) is 5.83. The van der Waals surface area contributed by atoms with Crippen LogP contribution in [-0.4, -0.2) is 17.4 Å². The van der Waals surface area contributed by atoms with Gasteiger partial charge in [-0.1, -0.05) is 48.9 Å². The van der Waals surface area contributed by atoms with Gasteiger partial charge in [0, 0.05) is 22.6 Å². The summed E-state index contributed by atoms with van der Waals surface area (Å²) in [6.45, 7) is 3.39. The van der Waals surface area contributed by atoms with Crippen molar-refractivity contribution in [1.82, 2.24) is 4.90 Å². The summed E-state index contributed by atoms with van der Waals surface area (Å²) >= 11 is 9.44. The van der Waals surface area contributed by atoms with Crippen molar-refractivity contribution in [3.63, 3.8) is 0 Å². The first-order valence-corrected chi connectivity index (χ1v) is 8.07. The molecular formula is C17H17BrClNO. The number of rotatable bonds is 5. The van der Waals surface area contributed by atoms with E-state index < -0.39 is 0 Å². The predicted octanol–water partition coefficient (Wildman–Crippen LogP) is 5.15. The molecule has 0 saturated heterocycles. The third-order valence-electron chi connectivity index (χ3n) is 3.16. The van der Waals surface area contributed by atoms with Crippen LogP contribution in [0.25, 0.3) is 0 Å². The van der Waals surface area contributed by atoms with E-state index in [0.29, 0.717) is 23.7 Å². The average molecular weight is 367 g/mol. The summed E-state index contributed by atoms with van der Waals surface area (Å²) in [5.74, 6) is -0.00456. The molecule has 0 fully saturated rings. The summed E-state index contributed by atoms with van der Waals surface area (Å²) in [6.07, 6.45) is 0.913. The molecule has 110 valence electrons. The van der Waals surface area contributed by atoms with Gasteiger partial charge in [0.1, 0.15) is 0 Å². The van der Waals surface area contributed by atoms with E-state index in [-0.39, 0.29) is 5.91 Å². The minimum absolute atomic E-state index is 0.00456. The minimum atomic E-state index is -0.00456. The van der Waals surface area contributed by atoms with E-state index in [2.05, 4.69) is 22.9 Å². The van der Waals surface area contributed by atoms with E-state index in [0.717, 1.165) is 16.5 Å². The Hall–Kier alpha value is -1.32. The highest BCUT2D eigenvalue weighted by atomic mass is 79.9. The topological polar surface area (TPSA) is 20.3 Å². The zero-order valence-electron chi connectivity index (χ0n) is 11.9. The zero-order chi connectivity index (χ0) is 15.2. The minimum Gasteiger partial charge on any atom is -0.334 e. The molecule has 2 aromatic carbocycles. The third-order valence-corrected chi connectivity index (χ3v) is 4.08. The van der Waals surface area contributed by atoms with Crippen LogP contribution in [-0.2, 0) is 6.54 Å². The van der Waals surface area contributed by atoms with Crippen LogP contribution in [0.5, 0.6) is 0 Å². The Morgan fingerprint density at radius 2 is 1.90 bits per heavy atom. The van der Waals surface area contributed by atoms with Gasteiger partial charge in [0.05, 0.1) is 5.56 Å². The second kappa shape index (κ2) is 7.62. The molecule has 0 atom stereocenters. The van der Waals surface area contributed by atoms with Gasteiger partial charge in [0.15, 0.2) is 0 Å². The summed E-state index contributed by atoms with van der Waals surface area (Å²) in [7, 11) is 0. The molecule has 0 bridgehead atoms. The first-order chi connectivity index (χ1) is 10.1. The van der Waals surface area contributed by atoms with Crippen LogP contribution in [0.15, 0.2) is 53.0 Å². The maximum absolute atomic E-state index is 12.7. The van der Waals surface area contributed by atoms with Crippen molar-refractivity contribution in [2.24, 2.45) is 0 Å². The van der Waals surface area contributed by atoms with Gasteiger partial charge in [0.25, 0.3) is 5.91 Å². The molecular weight excluding hydrogens is 350 g/mol. The fraction of sp³-hybridized carbons (Fsp3) is 0.235. The normalized spacial score (nSPS) is 10.4. The van der Waals surface area contributed by atoms with Gasteiger partial charge in [-0.25, -0.2) is 0 Å². The molecule has 0 N–H and O–H groups in total. The summed E-state index contributed by atoms with van der Waals surface area (Å²) in [4.78, 5) is 14.6. The highest BCUT2D eigenvalue weighted by Crippen LogP contribution is 2.23. The number of carbonyl (C=O) groups is 1. The van der Waals surface area contributed by atoms with Crippen molar-refractivity contribution >= 4 is 33.4 Å². The van der Waals surface area contributed by atoms with Gasteiger partial charge in [-0.05, 0) is 46.1 Å². The summed E-state index contributed by atoms with van der Waals surface area (Å²) < 4.78 is 0.770. The molecule has 0 aliphatic carbocycles. The van der Waals surface area contributed by atoms with Gasteiger partial charge >= 0.3 is 0 Å². The largest absolute Gasteiger partial charge is 0.334 e. The Morgan fingerprint density at radius 3 is 2.57 bits per heavy atom. The first-order valence-electron chi connectivity index (χ1n) is 6.90. The lowest BCUT2D eigenvalue weighted by atomic mass is 10.1. The van der Waals surface area contributed by atoms with Crippen molar-refractivity contribution < 1.29 is 4.79 Å². The summed E-state index contributed by atoms with van der Waals surface area (Å²) in [5, 5.41) is 0.567. The van der Waals surface area contributed by atoms with Gasteiger partial charge in [-0.3, -0.25) is 4.79 Å². The van der Waals surface area contributed by atoms with Crippen molar-refractivity contribution in [2.75, 3.05) is 6.54 Å². The number of carbonyl (C=O) groups excluding carboxylic acids is 1. The molecule has 0 spiro atoms. The first kappa shape index (κ1) is 16.1.